The van der Waals surface area contributed by atoms with Crippen molar-refractivity contribution in [3.63, 3.8) is 0 Å². The molecular formula is C20H25NO4. The SMILES string of the molecule is COc1cc2c(cc1CNC(=O)C1CC(=O)OC13CCCC3)CCC2. The third-order valence-corrected chi connectivity index (χ3v) is 6.04. The van der Waals surface area contributed by atoms with Gasteiger partial charge in [0, 0.05) is 12.1 Å². The zero-order valence-electron chi connectivity index (χ0n) is 14.7. The van der Waals surface area contributed by atoms with Gasteiger partial charge in [-0.15, -0.1) is 0 Å². The number of carbonyl (C=O) groups excluding carboxylic acids is 2. The highest BCUT2D eigenvalue weighted by molar-refractivity contribution is 5.88. The number of benzene rings is 1. The lowest BCUT2D eigenvalue weighted by atomic mass is 9.85. The molecule has 1 amide bonds. The molecule has 3 aliphatic rings. The Labute approximate surface area is 148 Å². The minimum atomic E-state index is -0.552. The van der Waals surface area contributed by atoms with E-state index in [1.807, 2.05) is 0 Å². The summed E-state index contributed by atoms with van der Waals surface area (Å²) < 4.78 is 11.1. The van der Waals surface area contributed by atoms with Crippen LogP contribution in [0.2, 0.25) is 0 Å². The van der Waals surface area contributed by atoms with Crippen LogP contribution in [0.15, 0.2) is 12.1 Å². The van der Waals surface area contributed by atoms with Crippen LogP contribution in [0.1, 0.15) is 55.2 Å². The van der Waals surface area contributed by atoms with Gasteiger partial charge >= 0.3 is 5.97 Å². The first kappa shape index (κ1) is 16.4. The third-order valence-electron chi connectivity index (χ3n) is 6.04. The first-order valence-corrected chi connectivity index (χ1v) is 9.29. The molecular weight excluding hydrogens is 318 g/mol. The molecule has 5 nitrogen and oxygen atoms in total. The van der Waals surface area contributed by atoms with Crippen molar-refractivity contribution in [2.75, 3.05) is 7.11 Å². The third kappa shape index (κ3) is 2.90. The van der Waals surface area contributed by atoms with Crippen LogP contribution >= 0.6 is 0 Å². The van der Waals surface area contributed by atoms with E-state index in [4.69, 9.17) is 9.47 Å². The van der Waals surface area contributed by atoms with Crippen molar-refractivity contribution >= 4 is 11.9 Å². The first-order chi connectivity index (χ1) is 12.1. The molecule has 134 valence electrons. The van der Waals surface area contributed by atoms with Crippen LogP contribution in [0.4, 0.5) is 0 Å². The summed E-state index contributed by atoms with van der Waals surface area (Å²) in [6.07, 6.45) is 7.23. The Morgan fingerprint density at radius 2 is 1.96 bits per heavy atom. The Morgan fingerprint density at radius 3 is 2.68 bits per heavy atom. The van der Waals surface area contributed by atoms with Gasteiger partial charge in [-0.05, 0) is 62.1 Å². The van der Waals surface area contributed by atoms with Crippen LogP contribution in [0.5, 0.6) is 5.75 Å². The van der Waals surface area contributed by atoms with Gasteiger partial charge in [0.05, 0.1) is 19.4 Å². The van der Waals surface area contributed by atoms with E-state index in [9.17, 15) is 9.59 Å². The van der Waals surface area contributed by atoms with Gasteiger partial charge in [-0.25, -0.2) is 0 Å². The Morgan fingerprint density at radius 1 is 1.24 bits per heavy atom. The lowest BCUT2D eigenvalue weighted by molar-refractivity contribution is -0.149. The molecule has 1 atom stereocenters. The van der Waals surface area contributed by atoms with Crippen molar-refractivity contribution < 1.29 is 19.1 Å². The topological polar surface area (TPSA) is 64.6 Å². The molecule has 1 spiro atoms. The van der Waals surface area contributed by atoms with Gasteiger partial charge in [0.2, 0.25) is 5.91 Å². The van der Waals surface area contributed by atoms with Gasteiger partial charge in [-0.3, -0.25) is 9.59 Å². The Bertz CT molecular complexity index is 706. The second-order valence-electron chi connectivity index (χ2n) is 7.51. The molecule has 0 aromatic heterocycles. The number of amides is 1. The van der Waals surface area contributed by atoms with Gasteiger partial charge in [0.25, 0.3) is 0 Å². The lowest BCUT2D eigenvalue weighted by Crippen LogP contribution is -2.42. The number of esters is 1. The van der Waals surface area contributed by atoms with Gasteiger partial charge in [0.1, 0.15) is 11.4 Å². The lowest BCUT2D eigenvalue weighted by Gasteiger charge is -2.28. The predicted octanol–water partition coefficient (Wildman–Crippen LogP) is 2.68. The van der Waals surface area contributed by atoms with Crippen molar-refractivity contribution in [3.05, 3.63) is 28.8 Å². The van der Waals surface area contributed by atoms with Crippen molar-refractivity contribution in [1.29, 1.82) is 0 Å². The predicted molar refractivity (Wildman–Crippen MR) is 92.3 cm³/mol. The monoisotopic (exact) mass is 343 g/mol. The number of rotatable bonds is 4. The highest BCUT2D eigenvalue weighted by Gasteiger charge is 2.53. The minimum absolute atomic E-state index is 0.0738. The minimum Gasteiger partial charge on any atom is -0.496 e. The molecule has 0 radical (unpaired) electrons. The summed E-state index contributed by atoms with van der Waals surface area (Å²) in [6.45, 7) is 0.427. The van der Waals surface area contributed by atoms with Crippen LogP contribution in [-0.2, 0) is 33.7 Å². The molecule has 1 unspecified atom stereocenters. The highest BCUT2D eigenvalue weighted by atomic mass is 16.6. The summed E-state index contributed by atoms with van der Waals surface area (Å²) in [6, 6.07) is 4.26. The average Bonchev–Trinajstić information content (AvgIpc) is 3.32. The number of aryl methyl sites for hydroxylation is 2. The van der Waals surface area contributed by atoms with Crippen molar-refractivity contribution in [3.8, 4) is 5.75 Å². The van der Waals surface area contributed by atoms with Crippen LogP contribution < -0.4 is 10.1 Å². The highest BCUT2D eigenvalue weighted by Crippen LogP contribution is 2.45. The molecule has 5 heteroatoms. The van der Waals surface area contributed by atoms with Crippen molar-refractivity contribution in [2.45, 2.75) is 63.5 Å². The Balaban J connectivity index is 1.48. The maximum Gasteiger partial charge on any atom is 0.307 e. The van der Waals surface area contributed by atoms with Gasteiger partial charge in [0.15, 0.2) is 0 Å². The summed E-state index contributed by atoms with van der Waals surface area (Å²) in [5, 5.41) is 3.03. The summed E-state index contributed by atoms with van der Waals surface area (Å²) in [7, 11) is 1.67. The molecule has 1 heterocycles. The van der Waals surface area contributed by atoms with E-state index in [-0.39, 0.29) is 24.2 Å². The van der Waals surface area contributed by atoms with E-state index in [1.54, 1.807) is 7.11 Å². The van der Waals surface area contributed by atoms with E-state index in [0.29, 0.717) is 6.54 Å². The second-order valence-corrected chi connectivity index (χ2v) is 7.51. The number of methoxy groups -OCH3 is 1. The van der Waals surface area contributed by atoms with Gasteiger partial charge in [-0.1, -0.05) is 6.07 Å². The molecule has 2 aliphatic carbocycles. The quantitative estimate of drug-likeness (QED) is 0.854. The molecule has 1 saturated heterocycles. The molecule has 1 aromatic carbocycles. The average molecular weight is 343 g/mol. The Kier molecular flexibility index (Phi) is 4.18. The number of hydrogen-bond donors (Lipinski definition) is 1. The number of carbonyl (C=O) groups is 2. The van der Waals surface area contributed by atoms with Crippen LogP contribution in [0.3, 0.4) is 0 Å². The normalized spacial score (nSPS) is 23.6. The van der Waals surface area contributed by atoms with Crippen LogP contribution in [0, 0.1) is 5.92 Å². The molecule has 2 fully saturated rings. The van der Waals surface area contributed by atoms with Gasteiger partial charge < -0.3 is 14.8 Å². The fraction of sp³-hybridized carbons (Fsp3) is 0.600. The summed E-state index contributed by atoms with van der Waals surface area (Å²) in [4.78, 5) is 24.6. The fourth-order valence-corrected chi connectivity index (χ4v) is 4.73. The molecule has 4 rings (SSSR count). The second kappa shape index (κ2) is 6.36. The number of ether oxygens (including phenoxy) is 2. The zero-order valence-corrected chi connectivity index (χ0v) is 14.7. The van der Waals surface area contributed by atoms with E-state index < -0.39 is 5.60 Å². The van der Waals surface area contributed by atoms with E-state index in [2.05, 4.69) is 17.4 Å². The molecule has 0 bridgehead atoms. The standard InChI is InChI=1S/C20H25NO4/c1-24-17-10-14-6-4-5-13(14)9-15(17)12-21-19(23)16-11-18(22)25-20(16)7-2-3-8-20/h9-10,16H,2-8,11-12H2,1H3,(H,21,23). The molecule has 1 N–H and O–H groups in total. The summed E-state index contributed by atoms with van der Waals surface area (Å²) >= 11 is 0. The number of nitrogens with one attached hydrogen (secondary N) is 1. The Hall–Kier alpha value is -2.04. The smallest absolute Gasteiger partial charge is 0.307 e. The number of fused-ring (bicyclic) bond motifs is 1. The van der Waals surface area contributed by atoms with Crippen molar-refractivity contribution in [1.82, 2.24) is 5.32 Å². The summed E-state index contributed by atoms with van der Waals surface area (Å²) in [5.74, 6) is 0.158. The first-order valence-electron chi connectivity index (χ1n) is 9.29. The zero-order chi connectivity index (χ0) is 17.4. The van der Waals surface area contributed by atoms with E-state index >= 15 is 0 Å². The molecule has 1 saturated carbocycles. The maximum atomic E-state index is 12.8. The largest absolute Gasteiger partial charge is 0.496 e. The van der Waals surface area contributed by atoms with Crippen LogP contribution in [0.25, 0.3) is 0 Å². The fourth-order valence-electron chi connectivity index (χ4n) is 4.73. The van der Waals surface area contributed by atoms with E-state index in [0.717, 1.165) is 49.8 Å². The van der Waals surface area contributed by atoms with Crippen molar-refractivity contribution in [2.24, 2.45) is 5.92 Å². The van der Waals surface area contributed by atoms with E-state index in [1.165, 1.54) is 17.5 Å². The molecule has 1 aliphatic heterocycles. The molecule has 1 aromatic rings. The molecule has 25 heavy (non-hydrogen) atoms. The van der Waals surface area contributed by atoms with Gasteiger partial charge in [-0.2, -0.15) is 0 Å². The maximum absolute atomic E-state index is 12.8. The summed E-state index contributed by atoms with van der Waals surface area (Å²) in [5.41, 5.74) is 3.16. The van der Waals surface area contributed by atoms with Crippen LogP contribution in [-0.4, -0.2) is 24.6 Å². The number of hydrogen-bond acceptors (Lipinski definition) is 4.